The van der Waals surface area contributed by atoms with E-state index in [9.17, 15) is 18.0 Å². The van der Waals surface area contributed by atoms with Gasteiger partial charge in [0.1, 0.15) is 0 Å². The zero-order valence-electron chi connectivity index (χ0n) is 19.5. The quantitative estimate of drug-likeness (QED) is 0.585. The van der Waals surface area contributed by atoms with Crippen molar-refractivity contribution in [1.82, 2.24) is 19.0 Å². The molecular formula is C23H34N4O5S. The van der Waals surface area contributed by atoms with Crippen molar-refractivity contribution in [2.45, 2.75) is 25.2 Å². The van der Waals surface area contributed by atoms with Gasteiger partial charge < -0.3 is 14.5 Å². The fourth-order valence-electron chi connectivity index (χ4n) is 4.77. The summed E-state index contributed by atoms with van der Waals surface area (Å²) in [7, 11) is -3.60. The molecule has 0 N–H and O–H groups in total. The van der Waals surface area contributed by atoms with Gasteiger partial charge in [-0.25, -0.2) is 8.42 Å². The Bertz CT molecular complexity index is 985. The van der Waals surface area contributed by atoms with Gasteiger partial charge >= 0.3 is 0 Å². The van der Waals surface area contributed by atoms with Gasteiger partial charge in [0, 0.05) is 65.3 Å². The Morgan fingerprint density at radius 3 is 2.42 bits per heavy atom. The minimum absolute atomic E-state index is 0.0257. The molecule has 0 radical (unpaired) electrons. The molecule has 3 aliphatic rings. The lowest BCUT2D eigenvalue weighted by atomic mass is 10.1. The van der Waals surface area contributed by atoms with E-state index < -0.39 is 10.0 Å². The van der Waals surface area contributed by atoms with Crippen molar-refractivity contribution in [1.29, 1.82) is 0 Å². The molecule has 4 rings (SSSR count). The first-order valence-electron chi connectivity index (χ1n) is 11.7. The van der Waals surface area contributed by atoms with Crippen LogP contribution in [0.15, 0.2) is 23.1 Å². The van der Waals surface area contributed by atoms with Crippen molar-refractivity contribution in [2.24, 2.45) is 5.92 Å². The number of hydrogen-bond donors (Lipinski definition) is 0. The second-order valence-electron chi connectivity index (χ2n) is 9.19. The Morgan fingerprint density at radius 2 is 1.73 bits per heavy atom. The van der Waals surface area contributed by atoms with Crippen molar-refractivity contribution in [3.8, 4) is 0 Å². The van der Waals surface area contributed by atoms with Crippen molar-refractivity contribution in [2.75, 3.05) is 72.1 Å². The van der Waals surface area contributed by atoms with Crippen LogP contribution >= 0.6 is 0 Å². The van der Waals surface area contributed by atoms with Gasteiger partial charge in [0.05, 0.1) is 24.0 Å². The highest BCUT2D eigenvalue weighted by Crippen LogP contribution is 2.24. The van der Waals surface area contributed by atoms with E-state index in [1.54, 1.807) is 22.8 Å². The van der Waals surface area contributed by atoms with Gasteiger partial charge in [-0.05, 0) is 31.0 Å². The minimum atomic E-state index is -3.60. The molecule has 0 bridgehead atoms. The van der Waals surface area contributed by atoms with Crippen LogP contribution in [0, 0.1) is 19.8 Å². The van der Waals surface area contributed by atoms with Crippen LogP contribution in [-0.2, 0) is 24.3 Å². The maximum absolute atomic E-state index is 13.1. The number of amides is 2. The molecule has 3 fully saturated rings. The minimum Gasteiger partial charge on any atom is -0.379 e. The molecule has 0 unspecified atom stereocenters. The van der Waals surface area contributed by atoms with Gasteiger partial charge in [-0.15, -0.1) is 0 Å². The van der Waals surface area contributed by atoms with Gasteiger partial charge in [-0.1, -0.05) is 12.1 Å². The Morgan fingerprint density at radius 1 is 1.03 bits per heavy atom. The van der Waals surface area contributed by atoms with Crippen molar-refractivity contribution < 1.29 is 22.7 Å². The second kappa shape index (κ2) is 10.1. The highest BCUT2D eigenvalue weighted by atomic mass is 32.2. The van der Waals surface area contributed by atoms with E-state index in [1.165, 1.54) is 4.31 Å². The molecule has 10 heteroatoms. The molecule has 1 atom stereocenters. The summed E-state index contributed by atoms with van der Waals surface area (Å²) < 4.78 is 33.1. The Labute approximate surface area is 196 Å². The molecule has 1 aromatic rings. The smallest absolute Gasteiger partial charge is 0.243 e. The molecule has 0 aliphatic carbocycles. The van der Waals surface area contributed by atoms with Crippen LogP contribution in [0.2, 0.25) is 0 Å². The van der Waals surface area contributed by atoms with Crippen LogP contribution in [0.3, 0.4) is 0 Å². The third kappa shape index (κ3) is 5.40. The van der Waals surface area contributed by atoms with Gasteiger partial charge in [0.15, 0.2) is 0 Å². The first kappa shape index (κ1) is 24.1. The van der Waals surface area contributed by atoms with E-state index in [-0.39, 0.29) is 37.2 Å². The second-order valence-corrected chi connectivity index (χ2v) is 11.1. The number of likely N-dealkylation sites (tertiary alicyclic amines) is 1. The van der Waals surface area contributed by atoms with Crippen LogP contribution in [0.5, 0.6) is 0 Å². The monoisotopic (exact) mass is 478 g/mol. The number of rotatable bonds is 6. The van der Waals surface area contributed by atoms with Crippen LogP contribution < -0.4 is 0 Å². The number of carbonyl (C=O) groups is 2. The van der Waals surface area contributed by atoms with Crippen molar-refractivity contribution in [3.05, 3.63) is 29.3 Å². The standard InChI is InChI=1S/C23H34N4O5S/c1-18-3-4-19(2)21(15-18)33(30,31)27-9-7-25(8-10-27)23(29)20-16-22(28)26(17-20)6-5-24-11-13-32-14-12-24/h3-4,15,20H,5-14,16-17H2,1-2H3/t20-/m1/s1. The maximum atomic E-state index is 13.1. The number of ether oxygens (including phenoxy) is 1. The van der Waals surface area contributed by atoms with Gasteiger partial charge in [0.2, 0.25) is 21.8 Å². The molecule has 3 aliphatic heterocycles. The number of piperazine rings is 1. The molecule has 2 amide bonds. The first-order valence-corrected chi connectivity index (χ1v) is 13.1. The highest BCUT2D eigenvalue weighted by molar-refractivity contribution is 7.89. The molecule has 9 nitrogen and oxygen atoms in total. The number of sulfonamides is 1. The van der Waals surface area contributed by atoms with Crippen LogP contribution in [0.4, 0.5) is 0 Å². The van der Waals surface area contributed by atoms with Crippen LogP contribution in [0.25, 0.3) is 0 Å². The molecule has 33 heavy (non-hydrogen) atoms. The summed E-state index contributed by atoms with van der Waals surface area (Å²) in [4.78, 5) is 31.7. The van der Waals surface area contributed by atoms with E-state index in [1.807, 2.05) is 19.1 Å². The zero-order valence-corrected chi connectivity index (χ0v) is 20.3. The fraction of sp³-hybridized carbons (Fsp3) is 0.652. The lowest BCUT2D eigenvalue weighted by Gasteiger charge is -2.35. The number of benzene rings is 1. The van der Waals surface area contributed by atoms with Crippen molar-refractivity contribution in [3.63, 3.8) is 0 Å². The number of nitrogens with zero attached hydrogens (tertiary/aromatic N) is 4. The SMILES string of the molecule is Cc1ccc(C)c(S(=O)(=O)N2CCN(C(=O)[C@@H]3CC(=O)N(CCN4CCOCC4)C3)CC2)c1. The Hall–Kier alpha value is -2.01. The fourth-order valence-corrected chi connectivity index (χ4v) is 6.50. The molecule has 182 valence electrons. The van der Waals surface area contributed by atoms with Gasteiger partial charge in [-0.2, -0.15) is 4.31 Å². The number of aryl methyl sites for hydroxylation is 2. The normalized spacial score (nSPS) is 23.3. The summed E-state index contributed by atoms with van der Waals surface area (Å²) in [5.74, 6) is -0.358. The van der Waals surface area contributed by atoms with Crippen LogP contribution in [-0.4, -0.2) is 111 Å². The van der Waals surface area contributed by atoms with E-state index >= 15 is 0 Å². The lowest BCUT2D eigenvalue weighted by Crippen LogP contribution is -2.52. The van der Waals surface area contributed by atoms with Crippen LogP contribution in [0.1, 0.15) is 17.5 Å². The van der Waals surface area contributed by atoms with Gasteiger partial charge in [-0.3, -0.25) is 14.5 Å². The first-order chi connectivity index (χ1) is 15.8. The molecule has 3 saturated heterocycles. The number of carbonyl (C=O) groups excluding carboxylic acids is 2. The predicted octanol–water partition coefficient (Wildman–Crippen LogP) is 0.317. The highest BCUT2D eigenvalue weighted by Gasteiger charge is 2.38. The Kier molecular flexibility index (Phi) is 7.37. The summed E-state index contributed by atoms with van der Waals surface area (Å²) in [5.41, 5.74) is 1.62. The molecule has 0 aromatic heterocycles. The van der Waals surface area contributed by atoms with Gasteiger partial charge in [0.25, 0.3) is 0 Å². The number of hydrogen-bond acceptors (Lipinski definition) is 6. The average Bonchev–Trinajstić information content (AvgIpc) is 3.20. The lowest BCUT2D eigenvalue weighted by molar-refractivity contribution is -0.137. The molecular weight excluding hydrogens is 444 g/mol. The summed E-state index contributed by atoms with van der Waals surface area (Å²) in [6, 6.07) is 5.43. The summed E-state index contributed by atoms with van der Waals surface area (Å²) in [6.45, 7) is 9.98. The Balaban J connectivity index is 1.30. The number of morpholine rings is 1. The molecule has 1 aromatic carbocycles. The summed E-state index contributed by atoms with van der Waals surface area (Å²) in [5, 5.41) is 0. The average molecular weight is 479 g/mol. The van der Waals surface area contributed by atoms with E-state index in [4.69, 9.17) is 4.74 Å². The molecule has 3 heterocycles. The topological polar surface area (TPSA) is 90.5 Å². The zero-order chi connectivity index (χ0) is 23.6. The van der Waals surface area contributed by atoms with Crippen molar-refractivity contribution >= 4 is 21.8 Å². The third-order valence-corrected chi connectivity index (χ3v) is 8.91. The summed E-state index contributed by atoms with van der Waals surface area (Å²) >= 11 is 0. The molecule has 0 saturated carbocycles. The maximum Gasteiger partial charge on any atom is 0.243 e. The van der Waals surface area contributed by atoms with E-state index in [2.05, 4.69) is 4.90 Å². The predicted molar refractivity (Wildman–Crippen MR) is 123 cm³/mol. The largest absolute Gasteiger partial charge is 0.379 e. The van der Waals surface area contributed by atoms with E-state index in [0.29, 0.717) is 31.1 Å². The molecule has 0 spiro atoms. The third-order valence-electron chi connectivity index (χ3n) is 6.87. The summed E-state index contributed by atoms with van der Waals surface area (Å²) in [6.07, 6.45) is 0.239. The van der Waals surface area contributed by atoms with E-state index in [0.717, 1.165) is 44.0 Å².